The Morgan fingerprint density at radius 3 is 2.57 bits per heavy atom. The van der Waals surface area contributed by atoms with E-state index in [2.05, 4.69) is 18.2 Å². The number of benzene rings is 2. The van der Waals surface area contributed by atoms with Gasteiger partial charge in [0.2, 0.25) is 0 Å². The summed E-state index contributed by atoms with van der Waals surface area (Å²) in [7, 11) is 0.736. The van der Waals surface area contributed by atoms with Gasteiger partial charge in [0.05, 0.1) is 0 Å². The molecule has 3 rings (SSSR count). The lowest BCUT2D eigenvalue weighted by Gasteiger charge is -1.92. The fourth-order valence-electron chi connectivity index (χ4n) is 1.84. The number of phenols is 1. The minimum atomic E-state index is 0.352. The Balaban J connectivity index is 2.58. The molecule has 1 heterocycles. The number of hydrogen-bond donors (Lipinski definition) is 1. The minimum absolute atomic E-state index is 0.352. The first-order valence-corrected chi connectivity index (χ1v) is 5.54. The van der Waals surface area contributed by atoms with Crippen molar-refractivity contribution in [3.8, 4) is 5.75 Å². The van der Waals surface area contributed by atoms with E-state index < -0.39 is 0 Å². The summed E-state index contributed by atoms with van der Waals surface area (Å²) in [5, 5.41) is 14.6. The number of hydrogen-bond acceptors (Lipinski definition) is 1. The standard InChI is InChI=1S/C12H9OP/c13-8-5-6-12-10(7-8)9-3-1-2-4-11(9)14-12/h1-7,13-14H. The summed E-state index contributed by atoms with van der Waals surface area (Å²) in [5.41, 5.74) is 0. The van der Waals surface area contributed by atoms with Crippen molar-refractivity contribution >= 4 is 29.2 Å². The highest BCUT2D eigenvalue weighted by Crippen LogP contribution is 2.38. The molecule has 1 unspecified atom stereocenters. The van der Waals surface area contributed by atoms with Crippen molar-refractivity contribution < 1.29 is 5.11 Å². The monoisotopic (exact) mass is 200 g/mol. The second kappa shape index (κ2) is 2.76. The Bertz CT molecular complexity index is 610. The van der Waals surface area contributed by atoms with Crippen molar-refractivity contribution in [3.05, 3.63) is 42.5 Å². The molecule has 0 saturated carbocycles. The van der Waals surface area contributed by atoms with Gasteiger partial charge in [-0.1, -0.05) is 24.3 Å². The van der Waals surface area contributed by atoms with Gasteiger partial charge in [0.15, 0.2) is 0 Å². The van der Waals surface area contributed by atoms with Crippen LogP contribution in [0, 0.1) is 0 Å². The summed E-state index contributed by atoms with van der Waals surface area (Å²) in [6.45, 7) is 0. The van der Waals surface area contributed by atoms with E-state index in [4.69, 9.17) is 0 Å². The fourth-order valence-corrected chi connectivity index (χ4v) is 3.17. The topological polar surface area (TPSA) is 20.2 Å². The van der Waals surface area contributed by atoms with Crippen LogP contribution in [0.25, 0.3) is 21.0 Å². The highest BCUT2D eigenvalue weighted by atomic mass is 31.0. The largest absolute Gasteiger partial charge is 0.508 e. The molecular formula is C12H9OP. The van der Waals surface area contributed by atoms with Gasteiger partial charge in [-0.05, 0) is 39.2 Å². The molecule has 14 heavy (non-hydrogen) atoms. The third kappa shape index (κ3) is 1.03. The first kappa shape index (κ1) is 7.90. The van der Waals surface area contributed by atoms with Gasteiger partial charge in [0.25, 0.3) is 0 Å². The average Bonchev–Trinajstić information content (AvgIpc) is 2.56. The minimum Gasteiger partial charge on any atom is -0.508 e. The van der Waals surface area contributed by atoms with Crippen molar-refractivity contribution in [2.75, 3.05) is 0 Å². The summed E-state index contributed by atoms with van der Waals surface area (Å²) in [5.74, 6) is 0.352. The maximum atomic E-state index is 9.43. The normalized spacial score (nSPS) is 11.7. The molecule has 1 nitrogen and oxygen atoms in total. The molecule has 1 aromatic heterocycles. The van der Waals surface area contributed by atoms with Crippen molar-refractivity contribution in [1.29, 1.82) is 0 Å². The van der Waals surface area contributed by atoms with Crippen molar-refractivity contribution in [3.63, 3.8) is 0 Å². The molecule has 0 aliphatic carbocycles. The molecule has 2 aromatic carbocycles. The van der Waals surface area contributed by atoms with Crippen LogP contribution < -0.4 is 0 Å². The quantitative estimate of drug-likeness (QED) is 0.586. The maximum Gasteiger partial charge on any atom is 0.116 e. The summed E-state index contributed by atoms with van der Waals surface area (Å²) < 4.78 is 0. The summed E-state index contributed by atoms with van der Waals surface area (Å²) >= 11 is 0. The molecule has 0 fully saturated rings. The van der Waals surface area contributed by atoms with E-state index in [1.807, 2.05) is 18.2 Å². The van der Waals surface area contributed by atoms with Crippen LogP contribution in [-0.2, 0) is 0 Å². The number of rotatable bonds is 0. The molecule has 68 valence electrons. The molecule has 2 heteroatoms. The zero-order valence-corrected chi connectivity index (χ0v) is 8.49. The highest BCUT2D eigenvalue weighted by molar-refractivity contribution is 7.43. The van der Waals surface area contributed by atoms with Gasteiger partial charge in [-0.25, -0.2) is 0 Å². The maximum absolute atomic E-state index is 9.43. The zero-order chi connectivity index (χ0) is 9.54. The van der Waals surface area contributed by atoms with Crippen LogP contribution in [0.15, 0.2) is 42.5 Å². The molecule has 0 aliphatic rings. The van der Waals surface area contributed by atoms with E-state index >= 15 is 0 Å². The van der Waals surface area contributed by atoms with Gasteiger partial charge in [-0.2, -0.15) is 0 Å². The summed E-state index contributed by atoms with van der Waals surface area (Å²) in [6.07, 6.45) is 0. The molecular weight excluding hydrogens is 191 g/mol. The molecule has 0 bridgehead atoms. The van der Waals surface area contributed by atoms with Gasteiger partial charge in [0.1, 0.15) is 5.75 Å². The third-order valence-corrected chi connectivity index (χ3v) is 3.90. The summed E-state index contributed by atoms with van der Waals surface area (Å²) in [6, 6.07) is 14.0. The van der Waals surface area contributed by atoms with E-state index in [1.54, 1.807) is 6.07 Å². The van der Waals surface area contributed by atoms with E-state index in [-0.39, 0.29) is 0 Å². The van der Waals surface area contributed by atoms with Crippen LogP contribution in [0.1, 0.15) is 0 Å². The van der Waals surface area contributed by atoms with Gasteiger partial charge in [0, 0.05) is 0 Å². The van der Waals surface area contributed by atoms with Gasteiger partial charge >= 0.3 is 0 Å². The molecule has 0 saturated heterocycles. The Morgan fingerprint density at radius 2 is 1.64 bits per heavy atom. The molecule has 3 aromatic rings. The van der Waals surface area contributed by atoms with Crippen molar-refractivity contribution in [2.24, 2.45) is 0 Å². The predicted molar refractivity (Wildman–Crippen MR) is 62.6 cm³/mol. The number of fused-ring (bicyclic) bond motifs is 3. The van der Waals surface area contributed by atoms with Crippen molar-refractivity contribution in [2.45, 2.75) is 0 Å². The average molecular weight is 200 g/mol. The van der Waals surface area contributed by atoms with Gasteiger partial charge < -0.3 is 5.11 Å². The lowest BCUT2D eigenvalue weighted by molar-refractivity contribution is 0.476. The Morgan fingerprint density at radius 1 is 0.857 bits per heavy atom. The Kier molecular flexibility index (Phi) is 1.56. The number of phenolic OH excluding ortho intramolecular Hbond substituents is 1. The molecule has 0 spiro atoms. The van der Waals surface area contributed by atoms with Crippen LogP contribution in [0.5, 0.6) is 5.75 Å². The Hall–Kier alpha value is -1.46. The summed E-state index contributed by atoms with van der Waals surface area (Å²) in [4.78, 5) is 0. The van der Waals surface area contributed by atoms with Gasteiger partial charge in [-0.3, -0.25) is 0 Å². The fraction of sp³-hybridized carbons (Fsp3) is 0. The van der Waals surface area contributed by atoms with Gasteiger partial charge in [-0.15, -0.1) is 8.19 Å². The third-order valence-electron chi connectivity index (χ3n) is 2.49. The van der Waals surface area contributed by atoms with Crippen LogP contribution in [0.2, 0.25) is 0 Å². The molecule has 1 N–H and O–H groups in total. The molecule has 0 amide bonds. The van der Waals surface area contributed by atoms with Crippen LogP contribution in [-0.4, -0.2) is 5.11 Å². The molecule has 1 atom stereocenters. The lowest BCUT2D eigenvalue weighted by atomic mass is 10.1. The molecule has 0 aliphatic heterocycles. The van der Waals surface area contributed by atoms with Crippen molar-refractivity contribution in [1.82, 2.24) is 0 Å². The predicted octanol–water partition coefficient (Wildman–Crippen LogP) is 3.73. The Labute approximate surface area is 83.1 Å². The second-order valence-corrected chi connectivity index (χ2v) is 4.73. The second-order valence-electron chi connectivity index (χ2n) is 3.40. The SMILES string of the molecule is Oc1ccc2[pH]c3ccccc3c2c1. The number of aromatic hydroxyl groups is 1. The van der Waals surface area contributed by atoms with Crippen LogP contribution in [0.4, 0.5) is 0 Å². The first-order valence-electron chi connectivity index (χ1n) is 4.54. The van der Waals surface area contributed by atoms with E-state index in [0.717, 1.165) is 8.19 Å². The highest BCUT2D eigenvalue weighted by Gasteiger charge is 2.02. The lowest BCUT2D eigenvalue weighted by Crippen LogP contribution is -1.65. The van der Waals surface area contributed by atoms with E-state index in [9.17, 15) is 5.11 Å². The van der Waals surface area contributed by atoms with Crippen LogP contribution >= 0.6 is 8.19 Å². The smallest absolute Gasteiger partial charge is 0.116 e. The first-order chi connectivity index (χ1) is 6.84. The van der Waals surface area contributed by atoms with E-state index in [0.29, 0.717) is 5.75 Å². The van der Waals surface area contributed by atoms with E-state index in [1.165, 1.54) is 21.0 Å². The zero-order valence-electron chi connectivity index (χ0n) is 7.49. The molecule has 0 radical (unpaired) electrons. The van der Waals surface area contributed by atoms with Crippen LogP contribution in [0.3, 0.4) is 0 Å².